The zero-order chi connectivity index (χ0) is 13.1. The van der Waals surface area contributed by atoms with Crippen LogP contribution in [0.1, 0.15) is 35.7 Å². The summed E-state index contributed by atoms with van der Waals surface area (Å²) in [6.07, 6.45) is 2.09. The Morgan fingerprint density at radius 3 is 2.89 bits per heavy atom. The maximum atomic E-state index is 12.1. The molecule has 1 amide bonds. The van der Waals surface area contributed by atoms with E-state index >= 15 is 0 Å². The molecular weight excluding hydrogens is 228 g/mol. The summed E-state index contributed by atoms with van der Waals surface area (Å²) in [4.78, 5) is 12.1. The van der Waals surface area contributed by atoms with Crippen LogP contribution in [0.25, 0.3) is 0 Å². The number of para-hydroxylation sites is 1. The van der Waals surface area contributed by atoms with Crippen molar-refractivity contribution in [1.29, 1.82) is 0 Å². The Morgan fingerprint density at radius 1 is 1.50 bits per heavy atom. The zero-order valence-electron chi connectivity index (χ0n) is 10.9. The molecule has 18 heavy (non-hydrogen) atoms. The van der Waals surface area contributed by atoms with Crippen molar-refractivity contribution in [3.8, 4) is 0 Å². The van der Waals surface area contributed by atoms with E-state index in [9.17, 15) is 4.79 Å². The van der Waals surface area contributed by atoms with Crippen LogP contribution in [0.15, 0.2) is 18.2 Å². The first-order valence-corrected chi connectivity index (χ1v) is 6.39. The summed E-state index contributed by atoms with van der Waals surface area (Å²) in [5, 5.41) is 2.99. The number of nitrogens with two attached hydrogens (primary N) is 1. The molecule has 1 fully saturated rings. The van der Waals surface area contributed by atoms with Crippen molar-refractivity contribution < 1.29 is 9.53 Å². The molecule has 2 rings (SSSR count). The number of nitrogen functional groups attached to an aromatic ring is 1. The molecule has 0 unspecified atom stereocenters. The van der Waals surface area contributed by atoms with Gasteiger partial charge in [-0.05, 0) is 38.3 Å². The molecule has 4 nitrogen and oxygen atoms in total. The zero-order valence-corrected chi connectivity index (χ0v) is 10.9. The van der Waals surface area contributed by atoms with Gasteiger partial charge in [-0.2, -0.15) is 0 Å². The maximum absolute atomic E-state index is 12.1. The van der Waals surface area contributed by atoms with Crippen LogP contribution in [0.2, 0.25) is 0 Å². The number of amides is 1. The molecule has 0 heterocycles. The van der Waals surface area contributed by atoms with E-state index in [1.54, 1.807) is 6.07 Å². The van der Waals surface area contributed by atoms with Crippen LogP contribution < -0.4 is 11.1 Å². The summed E-state index contributed by atoms with van der Waals surface area (Å²) in [7, 11) is 0. The number of rotatable bonds is 4. The van der Waals surface area contributed by atoms with Gasteiger partial charge in [-0.1, -0.05) is 12.1 Å². The Balaban J connectivity index is 1.91. The molecule has 98 valence electrons. The maximum Gasteiger partial charge on any atom is 0.253 e. The third kappa shape index (κ3) is 2.64. The molecule has 1 aliphatic rings. The van der Waals surface area contributed by atoms with Gasteiger partial charge < -0.3 is 15.8 Å². The molecule has 0 atom stereocenters. The van der Waals surface area contributed by atoms with E-state index in [1.807, 2.05) is 26.0 Å². The van der Waals surface area contributed by atoms with E-state index < -0.39 is 0 Å². The lowest BCUT2D eigenvalue weighted by atomic mass is 9.89. The normalized spacial score (nSPS) is 22.3. The summed E-state index contributed by atoms with van der Waals surface area (Å²) in [6, 6.07) is 5.73. The molecule has 0 spiro atoms. The van der Waals surface area contributed by atoms with Crippen molar-refractivity contribution in [2.45, 2.75) is 38.8 Å². The number of aryl methyl sites for hydroxylation is 1. The predicted molar refractivity (Wildman–Crippen MR) is 71.5 cm³/mol. The van der Waals surface area contributed by atoms with Gasteiger partial charge in [0.05, 0.1) is 11.7 Å². The quantitative estimate of drug-likeness (QED) is 0.800. The van der Waals surface area contributed by atoms with Crippen LogP contribution in [-0.4, -0.2) is 24.7 Å². The Kier molecular flexibility index (Phi) is 3.87. The fourth-order valence-electron chi connectivity index (χ4n) is 2.20. The minimum atomic E-state index is -0.0869. The standard InChI is InChI=1S/C14H20N2O2/c1-3-18-11-7-10(8-11)16-14(17)12-6-4-5-9(2)13(12)15/h4-6,10-11H,3,7-8,15H2,1-2H3,(H,16,17). The minimum Gasteiger partial charge on any atom is -0.398 e. The lowest BCUT2D eigenvalue weighted by molar-refractivity contribution is -0.00861. The van der Waals surface area contributed by atoms with Crippen LogP contribution in [0.5, 0.6) is 0 Å². The van der Waals surface area contributed by atoms with Crippen LogP contribution in [0, 0.1) is 6.92 Å². The van der Waals surface area contributed by atoms with Gasteiger partial charge in [-0.25, -0.2) is 0 Å². The van der Waals surface area contributed by atoms with Crippen molar-refractivity contribution in [3.63, 3.8) is 0 Å². The van der Waals surface area contributed by atoms with E-state index in [-0.39, 0.29) is 11.9 Å². The minimum absolute atomic E-state index is 0.0869. The van der Waals surface area contributed by atoms with Crippen LogP contribution in [0.3, 0.4) is 0 Å². The summed E-state index contributed by atoms with van der Waals surface area (Å²) in [5.74, 6) is -0.0869. The molecule has 0 aliphatic heterocycles. The summed E-state index contributed by atoms with van der Waals surface area (Å²) in [5.41, 5.74) is 7.97. The van der Waals surface area contributed by atoms with Crippen molar-refractivity contribution in [2.75, 3.05) is 12.3 Å². The molecule has 1 aromatic carbocycles. The van der Waals surface area contributed by atoms with Crippen LogP contribution in [0.4, 0.5) is 5.69 Å². The highest BCUT2D eigenvalue weighted by molar-refractivity contribution is 5.99. The number of hydrogen-bond acceptors (Lipinski definition) is 3. The molecule has 0 saturated heterocycles. The third-order valence-corrected chi connectivity index (χ3v) is 3.40. The van der Waals surface area contributed by atoms with Gasteiger partial charge in [0.1, 0.15) is 0 Å². The first kappa shape index (κ1) is 12.9. The molecule has 0 radical (unpaired) electrons. The average molecular weight is 248 g/mol. The van der Waals surface area contributed by atoms with Gasteiger partial charge in [0.15, 0.2) is 0 Å². The van der Waals surface area contributed by atoms with E-state index in [4.69, 9.17) is 10.5 Å². The van der Waals surface area contributed by atoms with Gasteiger partial charge in [0, 0.05) is 18.3 Å². The number of anilines is 1. The monoisotopic (exact) mass is 248 g/mol. The fourth-order valence-corrected chi connectivity index (χ4v) is 2.20. The van der Waals surface area contributed by atoms with Crippen LogP contribution >= 0.6 is 0 Å². The Morgan fingerprint density at radius 2 is 2.22 bits per heavy atom. The molecular formula is C14H20N2O2. The number of hydrogen-bond donors (Lipinski definition) is 2. The number of benzene rings is 1. The van der Waals surface area contributed by atoms with Gasteiger partial charge in [-0.15, -0.1) is 0 Å². The highest BCUT2D eigenvalue weighted by Gasteiger charge is 2.31. The molecule has 4 heteroatoms. The highest BCUT2D eigenvalue weighted by Crippen LogP contribution is 2.24. The number of carbonyl (C=O) groups excluding carboxylic acids is 1. The van der Waals surface area contributed by atoms with Crippen LogP contribution in [-0.2, 0) is 4.74 Å². The lowest BCUT2D eigenvalue weighted by Crippen LogP contribution is -2.47. The molecule has 1 aliphatic carbocycles. The van der Waals surface area contributed by atoms with Crippen molar-refractivity contribution in [2.24, 2.45) is 0 Å². The smallest absolute Gasteiger partial charge is 0.253 e. The summed E-state index contributed by atoms with van der Waals surface area (Å²) >= 11 is 0. The van der Waals surface area contributed by atoms with Gasteiger partial charge >= 0.3 is 0 Å². The highest BCUT2D eigenvalue weighted by atomic mass is 16.5. The lowest BCUT2D eigenvalue weighted by Gasteiger charge is -2.35. The molecule has 1 aromatic rings. The topological polar surface area (TPSA) is 64.3 Å². The first-order valence-electron chi connectivity index (χ1n) is 6.39. The molecule has 3 N–H and O–H groups in total. The third-order valence-electron chi connectivity index (χ3n) is 3.40. The largest absolute Gasteiger partial charge is 0.398 e. The second-order valence-electron chi connectivity index (χ2n) is 4.76. The summed E-state index contributed by atoms with van der Waals surface area (Å²) < 4.78 is 5.46. The number of ether oxygens (including phenoxy) is 1. The second-order valence-corrected chi connectivity index (χ2v) is 4.76. The van der Waals surface area contributed by atoms with E-state index in [0.717, 1.165) is 25.0 Å². The van der Waals surface area contributed by atoms with E-state index in [1.165, 1.54) is 0 Å². The molecule has 0 aromatic heterocycles. The average Bonchev–Trinajstić information content (AvgIpc) is 2.30. The molecule has 1 saturated carbocycles. The second kappa shape index (κ2) is 5.40. The van der Waals surface area contributed by atoms with Crippen molar-refractivity contribution in [3.05, 3.63) is 29.3 Å². The van der Waals surface area contributed by atoms with E-state index in [0.29, 0.717) is 17.4 Å². The number of carbonyl (C=O) groups is 1. The number of nitrogens with one attached hydrogen (secondary N) is 1. The summed E-state index contributed by atoms with van der Waals surface area (Å²) in [6.45, 7) is 4.62. The predicted octanol–water partition coefficient (Wildman–Crippen LogP) is 1.87. The molecule has 0 bridgehead atoms. The van der Waals surface area contributed by atoms with E-state index in [2.05, 4.69) is 5.32 Å². The fraction of sp³-hybridized carbons (Fsp3) is 0.500. The van der Waals surface area contributed by atoms with Gasteiger partial charge in [0.25, 0.3) is 5.91 Å². The van der Waals surface area contributed by atoms with Gasteiger partial charge in [-0.3, -0.25) is 4.79 Å². The Hall–Kier alpha value is -1.55. The Bertz CT molecular complexity index is 439. The first-order chi connectivity index (χ1) is 8.61. The van der Waals surface area contributed by atoms with Gasteiger partial charge in [0.2, 0.25) is 0 Å². The van der Waals surface area contributed by atoms with Crippen molar-refractivity contribution in [1.82, 2.24) is 5.32 Å². The Labute approximate surface area is 108 Å². The SMILES string of the molecule is CCOC1CC(NC(=O)c2cccc(C)c2N)C1. The van der Waals surface area contributed by atoms with Crippen molar-refractivity contribution >= 4 is 11.6 Å².